The zero-order valence-electron chi connectivity index (χ0n) is 17.5. The van der Waals surface area contributed by atoms with Crippen molar-refractivity contribution in [3.05, 3.63) is 64.7 Å². The molecule has 0 spiro atoms. The molecule has 2 aromatic rings. The number of nitrogens with one attached hydrogen (secondary N) is 1. The number of amides is 1. The number of halogens is 1. The molecule has 8 nitrogen and oxygen atoms in total. The van der Waals surface area contributed by atoms with E-state index in [2.05, 4.69) is 5.32 Å². The van der Waals surface area contributed by atoms with Crippen molar-refractivity contribution in [1.82, 2.24) is 4.31 Å². The van der Waals surface area contributed by atoms with Crippen molar-refractivity contribution < 1.29 is 22.7 Å². The largest absolute Gasteiger partial charge is 0.451 e. The van der Waals surface area contributed by atoms with E-state index in [-0.39, 0.29) is 10.5 Å². The SMILES string of the molecule is CCN(CC)S(=O)(=O)c1ccc(NC(=O)COC(=O)/C(C#N)=C/c2ccc(Cl)cc2)cc1. The minimum Gasteiger partial charge on any atom is -0.451 e. The molecule has 2 aromatic carbocycles. The Balaban J connectivity index is 1.97. The highest BCUT2D eigenvalue weighted by Gasteiger charge is 2.21. The van der Waals surface area contributed by atoms with E-state index in [0.29, 0.717) is 29.4 Å². The number of nitriles is 1. The number of sulfonamides is 1. The molecule has 0 unspecified atom stereocenters. The van der Waals surface area contributed by atoms with E-state index < -0.39 is 28.5 Å². The number of carbonyl (C=O) groups is 2. The minimum atomic E-state index is -3.60. The van der Waals surface area contributed by atoms with Crippen LogP contribution >= 0.6 is 11.6 Å². The van der Waals surface area contributed by atoms with Crippen molar-refractivity contribution in [2.75, 3.05) is 25.0 Å². The molecule has 0 aliphatic heterocycles. The lowest BCUT2D eigenvalue weighted by atomic mass is 10.1. The van der Waals surface area contributed by atoms with E-state index in [1.54, 1.807) is 44.2 Å². The molecule has 0 aromatic heterocycles. The fourth-order valence-corrected chi connectivity index (χ4v) is 4.28. The number of hydrogen-bond acceptors (Lipinski definition) is 6. The summed E-state index contributed by atoms with van der Waals surface area (Å²) in [6.45, 7) is 3.58. The number of esters is 1. The summed E-state index contributed by atoms with van der Waals surface area (Å²) in [6, 6.07) is 13.9. The van der Waals surface area contributed by atoms with Crippen molar-refractivity contribution in [3.63, 3.8) is 0 Å². The van der Waals surface area contributed by atoms with Gasteiger partial charge in [-0.05, 0) is 48.0 Å². The zero-order chi connectivity index (χ0) is 23.7. The van der Waals surface area contributed by atoms with Crippen LogP contribution < -0.4 is 5.32 Å². The summed E-state index contributed by atoms with van der Waals surface area (Å²) in [5.41, 5.74) is 0.639. The Morgan fingerprint density at radius 1 is 1.09 bits per heavy atom. The van der Waals surface area contributed by atoms with Gasteiger partial charge < -0.3 is 10.1 Å². The number of hydrogen-bond donors (Lipinski definition) is 1. The maximum atomic E-state index is 12.5. The Labute approximate surface area is 192 Å². The molecule has 0 aliphatic rings. The first-order valence-corrected chi connectivity index (χ1v) is 11.5. The van der Waals surface area contributed by atoms with Gasteiger partial charge in [0.25, 0.3) is 5.91 Å². The lowest BCUT2D eigenvalue weighted by Crippen LogP contribution is -2.30. The maximum Gasteiger partial charge on any atom is 0.349 e. The number of benzene rings is 2. The quantitative estimate of drug-likeness (QED) is 0.337. The van der Waals surface area contributed by atoms with Crippen LogP contribution in [0.2, 0.25) is 5.02 Å². The molecule has 1 N–H and O–H groups in total. The third kappa shape index (κ3) is 6.65. The second kappa shape index (κ2) is 11.4. The molecule has 168 valence electrons. The summed E-state index contributed by atoms with van der Waals surface area (Å²) < 4.78 is 31.2. The van der Waals surface area contributed by atoms with Crippen LogP contribution in [-0.2, 0) is 24.3 Å². The molecular formula is C22H22ClN3O5S. The van der Waals surface area contributed by atoms with Crippen LogP contribution in [0, 0.1) is 11.3 Å². The number of anilines is 1. The molecule has 0 radical (unpaired) electrons. The second-order valence-corrected chi connectivity index (χ2v) is 8.83. The summed E-state index contributed by atoms with van der Waals surface area (Å²) >= 11 is 5.80. The average molecular weight is 476 g/mol. The highest BCUT2D eigenvalue weighted by molar-refractivity contribution is 7.89. The van der Waals surface area contributed by atoms with Gasteiger partial charge in [-0.25, -0.2) is 13.2 Å². The van der Waals surface area contributed by atoms with E-state index in [1.807, 2.05) is 0 Å². The normalized spacial score (nSPS) is 11.7. The van der Waals surface area contributed by atoms with Crippen molar-refractivity contribution in [2.45, 2.75) is 18.7 Å². The lowest BCUT2D eigenvalue weighted by Gasteiger charge is -2.18. The van der Waals surface area contributed by atoms with E-state index in [1.165, 1.54) is 34.6 Å². The van der Waals surface area contributed by atoms with Gasteiger partial charge in [-0.15, -0.1) is 0 Å². The number of ether oxygens (including phenoxy) is 1. The first-order valence-electron chi connectivity index (χ1n) is 9.65. The first kappa shape index (κ1) is 25.1. The fourth-order valence-electron chi connectivity index (χ4n) is 2.69. The van der Waals surface area contributed by atoms with Gasteiger partial charge in [0.2, 0.25) is 10.0 Å². The van der Waals surface area contributed by atoms with Gasteiger partial charge in [0.05, 0.1) is 4.90 Å². The molecule has 2 rings (SSSR count). The van der Waals surface area contributed by atoms with Crippen LogP contribution in [0.4, 0.5) is 5.69 Å². The van der Waals surface area contributed by atoms with E-state index in [4.69, 9.17) is 16.3 Å². The van der Waals surface area contributed by atoms with Crippen LogP contribution in [-0.4, -0.2) is 44.3 Å². The van der Waals surface area contributed by atoms with Crippen molar-refractivity contribution in [3.8, 4) is 6.07 Å². The second-order valence-electron chi connectivity index (χ2n) is 6.46. The van der Waals surface area contributed by atoms with E-state index in [9.17, 15) is 23.3 Å². The molecule has 0 saturated carbocycles. The first-order chi connectivity index (χ1) is 15.2. The number of rotatable bonds is 9. The van der Waals surface area contributed by atoms with E-state index >= 15 is 0 Å². The fraction of sp³-hybridized carbons (Fsp3) is 0.227. The molecule has 0 heterocycles. The van der Waals surface area contributed by atoms with Gasteiger partial charge >= 0.3 is 5.97 Å². The van der Waals surface area contributed by atoms with Crippen molar-refractivity contribution in [1.29, 1.82) is 5.26 Å². The maximum absolute atomic E-state index is 12.5. The third-order valence-electron chi connectivity index (χ3n) is 4.34. The molecule has 10 heteroatoms. The summed E-state index contributed by atoms with van der Waals surface area (Å²) in [6.07, 6.45) is 1.33. The predicted octanol–water partition coefficient (Wildman–Crippen LogP) is 3.46. The zero-order valence-corrected chi connectivity index (χ0v) is 19.1. The van der Waals surface area contributed by atoms with Gasteiger partial charge in [0, 0.05) is 23.8 Å². The lowest BCUT2D eigenvalue weighted by molar-refractivity contribution is -0.142. The number of carbonyl (C=O) groups excluding carboxylic acids is 2. The average Bonchev–Trinajstić information content (AvgIpc) is 2.78. The van der Waals surface area contributed by atoms with Gasteiger partial charge in [0.1, 0.15) is 11.6 Å². The summed E-state index contributed by atoms with van der Waals surface area (Å²) in [4.78, 5) is 24.3. The van der Waals surface area contributed by atoms with Crippen LogP contribution in [0.25, 0.3) is 6.08 Å². The standard InChI is InChI=1S/C22H22ClN3O5S/c1-3-26(4-2)32(29,30)20-11-9-19(10-12-20)25-21(27)15-31-22(28)17(14-24)13-16-5-7-18(23)8-6-16/h5-13H,3-4,15H2,1-2H3,(H,25,27)/b17-13+. The number of nitrogens with zero attached hydrogens (tertiary/aromatic N) is 2. The molecule has 0 atom stereocenters. The highest BCUT2D eigenvalue weighted by atomic mass is 35.5. The topological polar surface area (TPSA) is 117 Å². The Morgan fingerprint density at radius 2 is 1.69 bits per heavy atom. The Bertz CT molecular complexity index is 1130. The minimum absolute atomic E-state index is 0.108. The smallest absolute Gasteiger partial charge is 0.349 e. The van der Waals surface area contributed by atoms with Crippen molar-refractivity contribution >= 4 is 45.3 Å². The Hall–Kier alpha value is -3.19. The predicted molar refractivity (Wildman–Crippen MR) is 121 cm³/mol. The molecular weight excluding hydrogens is 454 g/mol. The van der Waals surface area contributed by atoms with Crippen LogP contribution in [0.5, 0.6) is 0 Å². The van der Waals surface area contributed by atoms with Gasteiger partial charge in [-0.1, -0.05) is 37.6 Å². The van der Waals surface area contributed by atoms with Crippen LogP contribution in [0.15, 0.2) is 59.0 Å². The third-order valence-corrected chi connectivity index (χ3v) is 6.65. The molecule has 32 heavy (non-hydrogen) atoms. The summed E-state index contributed by atoms with van der Waals surface area (Å²) in [5, 5.41) is 12.2. The molecule has 1 amide bonds. The van der Waals surface area contributed by atoms with Crippen LogP contribution in [0.1, 0.15) is 19.4 Å². The van der Waals surface area contributed by atoms with Crippen molar-refractivity contribution in [2.24, 2.45) is 0 Å². The van der Waals surface area contributed by atoms with E-state index in [0.717, 1.165) is 0 Å². The van der Waals surface area contributed by atoms with Gasteiger partial charge in [0.15, 0.2) is 6.61 Å². The highest BCUT2D eigenvalue weighted by Crippen LogP contribution is 2.18. The molecule has 0 bridgehead atoms. The monoisotopic (exact) mass is 475 g/mol. The Morgan fingerprint density at radius 3 is 2.22 bits per heavy atom. The summed E-state index contributed by atoms with van der Waals surface area (Å²) in [7, 11) is -3.60. The molecule has 0 aliphatic carbocycles. The van der Waals surface area contributed by atoms with Gasteiger partial charge in [-0.3, -0.25) is 4.79 Å². The molecule has 0 saturated heterocycles. The molecule has 0 fully saturated rings. The van der Waals surface area contributed by atoms with Gasteiger partial charge in [-0.2, -0.15) is 9.57 Å². The van der Waals surface area contributed by atoms with Crippen LogP contribution in [0.3, 0.4) is 0 Å². The Kier molecular flexibility index (Phi) is 8.96. The summed E-state index contributed by atoms with van der Waals surface area (Å²) in [5.74, 6) is -1.58.